The summed E-state index contributed by atoms with van der Waals surface area (Å²) < 4.78 is 11.2. The first-order chi connectivity index (χ1) is 15.5. The summed E-state index contributed by atoms with van der Waals surface area (Å²) in [4.78, 5) is 34.3. The molecule has 1 unspecified atom stereocenters. The summed E-state index contributed by atoms with van der Waals surface area (Å²) in [6, 6.07) is 17.9. The number of thioether (sulfide) groups is 1. The molecule has 1 atom stereocenters. The van der Waals surface area contributed by atoms with Crippen molar-refractivity contribution in [1.29, 1.82) is 0 Å². The Kier molecular flexibility index (Phi) is 8.21. The maximum atomic E-state index is 13.1. The number of nitrogens with zero attached hydrogens (tertiary/aromatic N) is 2. The third kappa shape index (κ3) is 6.55. The van der Waals surface area contributed by atoms with Gasteiger partial charge in [0.2, 0.25) is 6.10 Å². The van der Waals surface area contributed by atoms with E-state index in [0.29, 0.717) is 28.8 Å². The fourth-order valence-electron chi connectivity index (χ4n) is 3.00. The van der Waals surface area contributed by atoms with Gasteiger partial charge < -0.3 is 14.8 Å². The number of para-hydroxylation sites is 2. The number of esters is 1. The Balaban J connectivity index is 1.73. The molecular formula is C24H25N3O4S. The zero-order valence-electron chi connectivity index (χ0n) is 18.2. The molecule has 8 heteroatoms. The van der Waals surface area contributed by atoms with Crippen LogP contribution in [0.5, 0.6) is 5.75 Å². The molecule has 0 aliphatic heterocycles. The molecule has 0 radical (unpaired) electrons. The number of ether oxygens (including phenoxy) is 2. The van der Waals surface area contributed by atoms with Crippen LogP contribution in [0.2, 0.25) is 0 Å². The molecule has 3 aromatic rings. The van der Waals surface area contributed by atoms with Gasteiger partial charge in [0.15, 0.2) is 5.16 Å². The van der Waals surface area contributed by atoms with Crippen molar-refractivity contribution in [2.75, 3.05) is 17.7 Å². The fraction of sp³-hybridized carbons (Fsp3) is 0.250. The molecule has 166 valence electrons. The van der Waals surface area contributed by atoms with Crippen molar-refractivity contribution in [3.8, 4) is 5.75 Å². The molecule has 2 aromatic carbocycles. The molecule has 32 heavy (non-hydrogen) atoms. The van der Waals surface area contributed by atoms with Crippen molar-refractivity contribution in [2.24, 2.45) is 0 Å². The summed E-state index contributed by atoms with van der Waals surface area (Å²) in [7, 11) is 0. The van der Waals surface area contributed by atoms with Crippen LogP contribution in [0, 0.1) is 13.8 Å². The molecule has 1 aromatic heterocycles. The number of hydrogen-bond acceptors (Lipinski definition) is 7. The van der Waals surface area contributed by atoms with Gasteiger partial charge in [0, 0.05) is 17.0 Å². The number of carbonyl (C=O) groups is 2. The minimum absolute atomic E-state index is 0.0188. The average molecular weight is 452 g/mol. The Bertz CT molecular complexity index is 1060. The molecule has 0 aliphatic carbocycles. The standard InChI is InChI=1S/C24H25N3O4S/c1-4-30-20-13-9-8-12-19(20)27-23(29)22(18-10-6-5-7-11-18)31-21(28)15-32-24-25-16(2)14-17(3)26-24/h5-14,22H,4,15H2,1-3H3,(H,27,29). The van der Waals surface area contributed by atoms with Crippen LogP contribution in [0.4, 0.5) is 5.69 Å². The largest absolute Gasteiger partial charge is 0.492 e. The van der Waals surface area contributed by atoms with E-state index in [0.717, 1.165) is 11.4 Å². The van der Waals surface area contributed by atoms with Gasteiger partial charge in [0.1, 0.15) is 5.75 Å². The van der Waals surface area contributed by atoms with Crippen molar-refractivity contribution in [2.45, 2.75) is 32.0 Å². The molecule has 0 aliphatic rings. The zero-order chi connectivity index (χ0) is 22.9. The summed E-state index contributed by atoms with van der Waals surface area (Å²) in [5, 5.41) is 3.31. The molecule has 0 fully saturated rings. The third-order valence-corrected chi connectivity index (χ3v) is 5.14. The van der Waals surface area contributed by atoms with E-state index in [1.54, 1.807) is 42.5 Å². The Morgan fingerprint density at radius 3 is 2.34 bits per heavy atom. The lowest BCUT2D eigenvalue weighted by atomic mass is 10.1. The molecule has 1 amide bonds. The van der Waals surface area contributed by atoms with Gasteiger partial charge in [-0.25, -0.2) is 9.97 Å². The van der Waals surface area contributed by atoms with Gasteiger partial charge in [-0.1, -0.05) is 54.2 Å². The number of nitrogens with one attached hydrogen (secondary N) is 1. The molecular weight excluding hydrogens is 426 g/mol. The Morgan fingerprint density at radius 2 is 1.66 bits per heavy atom. The number of anilines is 1. The Hall–Kier alpha value is -3.39. The van der Waals surface area contributed by atoms with Crippen LogP contribution in [0.1, 0.15) is 30.0 Å². The number of hydrogen-bond donors (Lipinski definition) is 1. The quantitative estimate of drug-likeness (QED) is 0.291. The highest BCUT2D eigenvalue weighted by Crippen LogP contribution is 2.27. The van der Waals surface area contributed by atoms with Crippen LogP contribution in [0.15, 0.2) is 65.8 Å². The van der Waals surface area contributed by atoms with Crippen molar-refractivity contribution in [1.82, 2.24) is 9.97 Å². The summed E-state index contributed by atoms with van der Waals surface area (Å²) in [5.41, 5.74) is 2.72. The van der Waals surface area contributed by atoms with E-state index < -0.39 is 18.0 Å². The van der Waals surface area contributed by atoms with E-state index >= 15 is 0 Å². The molecule has 0 saturated heterocycles. The number of rotatable bonds is 9. The second kappa shape index (κ2) is 11.3. The lowest BCUT2D eigenvalue weighted by Gasteiger charge is -2.19. The lowest BCUT2D eigenvalue weighted by Crippen LogP contribution is -2.26. The molecule has 0 saturated carbocycles. The highest BCUT2D eigenvalue weighted by molar-refractivity contribution is 7.99. The van der Waals surface area contributed by atoms with E-state index in [4.69, 9.17) is 9.47 Å². The first-order valence-electron chi connectivity index (χ1n) is 10.2. The highest BCUT2D eigenvalue weighted by Gasteiger charge is 2.26. The van der Waals surface area contributed by atoms with Gasteiger partial charge in [-0.15, -0.1) is 0 Å². The minimum atomic E-state index is -1.11. The van der Waals surface area contributed by atoms with E-state index in [-0.39, 0.29) is 5.75 Å². The predicted molar refractivity (Wildman–Crippen MR) is 124 cm³/mol. The number of carbonyl (C=O) groups excluding carboxylic acids is 2. The second-order valence-electron chi connectivity index (χ2n) is 6.92. The van der Waals surface area contributed by atoms with Gasteiger partial charge >= 0.3 is 5.97 Å². The lowest BCUT2D eigenvalue weighted by molar-refractivity contribution is -0.152. The van der Waals surface area contributed by atoms with Crippen LogP contribution in [0.3, 0.4) is 0 Å². The van der Waals surface area contributed by atoms with Gasteiger partial charge in [0.05, 0.1) is 18.0 Å². The predicted octanol–water partition coefficient (Wildman–Crippen LogP) is 4.51. The normalized spacial score (nSPS) is 11.5. The molecule has 7 nitrogen and oxygen atoms in total. The molecule has 0 bridgehead atoms. The summed E-state index contributed by atoms with van der Waals surface area (Å²) >= 11 is 1.17. The van der Waals surface area contributed by atoms with Crippen molar-refractivity contribution < 1.29 is 19.1 Å². The second-order valence-corrected chi connectivity index (χ2v) is 7.86. The van der Waals surface area contributed by atoms with Crippen LogP contribution < -0.4 is 10.1 Å². The van der Waals surface area contributed by atoms with E-state index in [1.165, 1.54) is 11.8 Å². The third-order valence-electron chi connectivity index (χ3n) is 4.32. The van der Waals surface area contributed by atoms with Gasteiger partial charge in [-0.3, -0.25) is 9.59 Å². The molecule has 3 rings (SSSR count). The number of aromatic nitrogens is 2. The summed E-state index contributed by atoms with van der Waals surface area (Å²) in [6.45, 7) is 6.06. The van der Waals surface area contributed by atoms with Crippen molar-refractivity contribution in [3.63, 3.8) is 0 Å². The smallest absolute Gasteiger partial charge is 0.317 e. The van der Waals surface area contributed by atoms with Crippen molar-refractivity contribution >= 4 is 29.3 Å². The fourth-order valence-corrected chi connectivity index (χ4v) is 3.73. The average Bonchev–Trinajstić information content (AvgIpc) is 2.77. The first kappa shape index (κ1) is 23.3. The van der Waals surface area contributed by atoms with Gasteiger partial charge in [-0.05, 0) is 39.0 Å². The monoisotopic (exact) mass is 451 g/mol. The zero-order valence-corrected chi connectivity index (χ0v) is 19.0. The van der Waals surface area contributed by atoms with Gasteiger partial charge in [0.25, 0.3) is 5.91 Å². The van der Waals surface area contributed by atoms with E-state index in [1.807, 2.05) is 39.0 Å². The Morgan fingerprint density at radius 1 is 1.00 bits per heavy atom. The van der Waals surface area contributed by atoms with Crippen molar-refractivity contribution in [3.05, 3.63) is 77.6 Å². The summed E-state index contributed by atoms with van der Waals surface area (Å²) in [5.74, 6) is -0.483. The van der Waals surface area contributed by atoms with Crippen LogP contribution in [-0.2, 0) is 14.3 Å². The van der Waals surface area contributed by atoms with E-state index in [2.05, 4.69) is 15.3 Å². The first-order valence-corrected chi connectivity index (χ1v) is 11.2. The number of aryl methyl sites for hydroxylation is 2. The van der Waals surface area contributed by atoms with Crippen LogP contribution in [0.25, 0.3) is 0 Å². The minimum Gasteiger partial charge on any atom is -0.492 e. The Labute approximate surface area is 191 Å². The molecule has 1 heterocycles. The SMILES string of the molecule is CCOc1ccccc1NC(=O)C(OC(=O)CSc1nc(C)cc(C)n1)c1ccccc1. The van der Waals surface area contributed by atoms with E-state index in [9.17, 15) is 9.59 Å². The molecule has 1 N–H and O–H groups in total. The van der Waals surface area contributed by atoms with Crippen LogP contribution >= 0.6 is 11.8 Å². The highest BCUT2D eigenvalue weighted by atomic mass is 32.2. The maximum Gasteiger partial charge on any atom is 0.317 e. The number of amides is 1. The topological polar surface area (TPSA) is 90.4 Å². The number of benzene rings is 2. The van der Waals surface area contributed by atoms with Crippen LogP contribution in [-0.4, -0.2) is 34.2 Å². The summed E-state index contributed by atoms with van der Waals surface area (Å²) in [6.07, 6.45) is -1.11. The molecule has 0 spiro atoms. The maximum absolute atomic E-state index is 13.1. The van der Waals surface area contributed by atoms with Gasteiger partial charge in [-0.2, -0.15) is 0 Å².